The fourth-order valence-corrected chi connectivity index (χ4v) is 3.49. The molecule has 0 atom stereocenters. The largest absolute Gasteiger partial charge is 0.733 e. The number of hydrogen-bond donors (Lipinski definition) is 2. The number of nitrogens with zero attached hydrogens (tertiary/aromatic N) is 2. The van der Waals surface area contributed by atoms with Gasteiger partial charge in [0, 0.05) is 16.6 Å². The Labute approximate surface area is 160 Å². The van der Waals surface area contributed by atoms with Crippen LogP contribution in [0.25, 0.3) is 22.4 Å². The lowest BCUT2D eigenvalue weighted by Gasteiger charge is -2.21. The van der Waals surface area contributed by atoms with Crippen molar-refractivity contribution in [3.63, 3.8) is 0 Å². The monoisotopic (exact) mass is 374 g/mol. The molecule has 6 heteroatoms. The van der Waals surface area contributed by atoms with Crippen LogP contribution >= 0.6 is 11.3 Å². The molecule has 0 saturated heterocycles. The van der Waals surface area contributed by atoms with Gasteiger partial charge in [-0.15, -0.1) is 11.3 Å². The predicted octanol–water partition coefficient (Wildman–Crippen LogP) is 5.91. The van der Waals surface area contributed by atoms with Gasteiger partial charge in [-0.2, -0.15) is 0 Å². The molecule has 4 aromatic rings. The Hall–Kier alpha value is -3.19. The summed E-state index contributed by atoms with van der Waals surface area (Å²) >= 11 is 1.48. The summed E-state index contributed by atoms with van der Waals surface area (Å²) in [6.07, 6.45) is 0. The average molecular weight is 374 g/mol. The molecule has 0 aliphatic rings. The summed E-state index contributed by atoms with van der Waals surface area (Å²) < 4.78 is 0. The van der Waals surface area contributed by atoms with E-state index in [1.807, 2.05) is 29.6 Å². The molecule has 0 fully saturated rings. The summed E-state index contributed by atoms with van der Waals surface area (Å²) in [6.45, 7) is 0. The Balaban J connectivity index is 1.52. The maximum Gasteiger partial charge on any atom is 0.187 e. The molecule has 0 unspecified atom stereocenters. The highest BCUT2D eigenvalue weighted by atomic mass is 32.1. The lowest BCUT2D eigenvalue weighted by molar-refractivity contribution is 0.296. The molecule has 0 saturated carbocycles. The summed E-state index contributed by atoms with van der Waals surface area (Å²) in [4.78, 5) is 4.61. The maximum atomic E-state index is 11.0. The van der Waals surface area contributed by atoms with Crippen molar-refractivity contribution in [3.8, 4) is 22.4 Å². The van der Waals surface area contributed by atoms with Crippen LogP contribution in [0.4, 0.5) is 16.5 Å². The van der Waals surface area contributed by atoms with Crippen molar-refractivity contribution in [3.05, 3.63) is 89.5 Å². The van der Waals surface area contributed by atoms with E-state index in [9.17, 15) is 5.21 Å². The standard InChI is InChI=1S/C21H16N3O2S/c25-24(26)19-8-4-7-18(13-19)22-21-23-20(14-27-21)17-11-9-16(10-12-17)15-5-2-1-3-6-15/h1-14,25H,(H,22,23)/q-1. The predicted molar refractivity (Wildman–Crippen MR) is 110 cm³/mol. The van der Waals surface area contributed by atoms with Crippen molar-refractivity contribution in [2.24, 2.45) is 0 Å². The van der Waals surface area contributed by atoms with E-state index in [0.29, 0.717) is 10.8 Å². The zero-order valence-corrected chi connectivity index (χ0v) is 15.1. The van der Waals surface area contributed by atoms with Gasteiger partial charge in [-0.3, -0.25) is 5.21 Å². The molecule has 3 aromatic carbocycles. The topological polar surface area (TPSA) is 71.5 Å². The molecular formula is C21H16N3O2S-. The van der Waals surface area contributed by atoms with Gasteiger partial charge in [-0.05, 0) is 29.3 Å². The Morgan fingerprint density at radius 3 is 2.30 bits per heavy atom. The van der Waals surface area contributed by atoms with Crippen molar-refractivity contribution >= 4 is 27.8 Å². The number of rotatable bonds is 5. The van der Waals surface area contributed by atoms with Gasteiger partial charge in [0.25, 0.3) is 0 Å². The Morgan fingerprint density at radius 2 is 1.56 bits per heavy atom. The number of hydrogen-bond acceptors (Lipinski definition) is 6. The molecule has 0 radical (unpaired) electrons. The van der Waals surface area contributed by atoms with Gasteiger partial charge in [0.15, 0.2) is 5.13 Å². The highest BCUT2D eigenvalue weighted by Gasteiger charge is 2.06. The maximum absolute atomic E-state index is 11.0. The van der Waals surface area contributed by atoms with Crippen molar-refractivity contribution < 1.29 is 5.21 Å². The minimum atomic E-state index is -0.160. The highest BCUT2D eigenvalue weighted by Crippen LogP contribution is 2.29. The number of aromatic nitrogens is 1. The van der Waals surface area contributed by atoms with Gasteiger partial charge in [0.1, 0.15) is 0 Å². The molecule has 2 N–H and O–H groups in total. The summed E-state index contributed by atoms with van der Waals surface area (Å²) in [5.41, 5.74) is 5.10. The minimum absolute atomic E-state index is 0.160. The highest BCUT2D eigenvalue weighted by molar-refractivity contribution is 7.14. The van der Waals surface area contributed by atoms with Crippen molar-refractivity contribution in [2.75, 3.05) is 10.5 Å². The van der Waals surface area contributed by atoms with E-state index in [2.05, 4.69) is 46.7 Å². The first-order chi connectivity index (χ1) is 13.2. The quantitative estimate of drug-likeness (QED) is 0.425. The first-order valence-electron chi connectivity index (χ1n) is 8.34. The lowest BCUT2D eigenvalue weighted by Crippen LogP contribution is -2.06. The third-order valence-corrected chi connectivity index (χ3v) is 4.87. The molecule has 27 heavy (non-hydrogen) atoms. The lowest BCUT2D eigenvalue weighted by atomic mass is 10.0. The second-order valence-corrected chi connectivity index (χ2v) is 6.79. The van der Waals surface area contributed by atoms with Crippen LogP contribution in [0, 0.1) is 5.21 Å². The third kappa shape index (κ3) is 3.98. The zero-order chi connectivity index (χ0) is 18.6. The normalized spacial score (nSPS) is 10.6. The second-order valence-electron chi connectivity index (χ2n) is 5.93. The molecule has 4 rings (SSSR count). The van der Waals surface area contributed by atoms with Crippen LogP contribution in [0.2, 0.25) is 0 Å². The summed E-state index contributed by atoms with van der Waals surface area (Å²) in [5, 5.41) is 25.7. The molecule has 0 spiro atoms. The van der Waals surface area contributed by atoms with E-state index < -0.39 is 0 Å². The fourth-order valence-electron chi connectivity index (χ4n) is 2.75. The van der Waals surface area contributed by atoms with Crippen molar-refractivity contribution in [1.29, 1.82) is 0 Å². The minimum Gasteiger partial charge on any atom is -0.733 e. The van der Waals surface area contributed by atoms with E-state index in [1.165, 1.54) is 23.0 Å². The third-order valence-electron chi connectivity index (χ3n) is 4.11. The Bertz CT molecular complexity index is 1030. The second kappa shape index (κ2) is 7.59. The van der Waals surface area contributed by atoms with Crippen molar-refractivity contribution in [2.45, 2.75) is 0 Å². The smallest absolute Gasteiger partial charge is 0.187 e. The van der Waals surface area contributed by atoms with Crippen LogP contribution in [0.5, 0.6) is 0 Å². The molecule has 134 valence electrons. The summed E-state index contributed by atoms with van der Waals surface area (Å²) in [5.74, 6) is 0. The van der Waals surface area contributed by atoms with E-state index in [-0.39, 0.29) is 10.9 Å². The van der Waals surface area contributed by atoms with E-state index in [4.69, 9.17) is 5.21 Å². The molecule has 1 aromatic heterocycles. The van der Waals surface area contributed by atoms with Crippen LogP contribution < -0.4 is 10.5 Å². The molecule has 0 amide bonds. The van der Waals surface area contributed by atoms with Gasteiger partial charge < -0.3 is 15.8 Å². The van der Waals surface area contributed by atoms with E-state index >= 15 is 0 Å². The number of benzene rings is 3. The van der Waals surface area contributed by atoms with Crippen molar-refractivity contribution in [1.82, 2.24) is 4.98 Å². The molecule has 0 aliphatic heterocycles. The SMILES string of the molecule is [O-]N(O)c1cccc(Nc2nc(-c3ccc(-c4ccccc4)cc3)cs2)c1. The zero-order valence-electron chi connectivity index (χ0n) is 14.2. The average Bonchev–Trinajstić information content (AvgIpc) is 3.17. The van der Waals surface area contributed by atoms with E-state index in [1.54, 1.807) is 12.1 Å². The fraction of sp³-hybridized carbons (Fsp3) is 0. The van der Waals surface area contributed by atoms with Gasteiger partial charge in [0.2, 0.25) is 0 Å². The van der Waals surface area contributed by atoms with E-state index in [0.717, 1.165) is 16.8 Å². The molecule has 0 aliphatic carbocycles. The van der Waals surface area contributed by atoms with Crippen LogP contribution in [0.15, 0.2) is 84.2 Å². The van der Waals surface area contributed by atoms with Crippen LogP contribution in [-0.2, 0) is 0 Å². The molecular weight excluding hydrogens is 358 g/mol. The van der Waals surface area contributed by atoms with Gasteiger partial charge in [-0.1, -0.05) is 60.7 Å². The van der Waals surface area contributed by atoms with Crippen LogP contribution in [0.1, 0.15) is 0 Å². The van der Waals surface area contributed by atoms with Gasteiger partial charge in [0.05, 0.1) is 11.4 Å². The number of anilines is 3. The summed E-state index contributed by atoms with van der Waals surface area (Å²) in [6, 6.07) is 25.1. The Morgan fingerprint density at radius 1 is 0.852 bits per heavy atom. The number of nitrogens with one attached hydrogen (secondary N) is 1. The van der Waals surface area contributed by atoms with Crippen LogP contribution in [0.3, 0.4) is 0 Å². The molecule has 1 heterocycles. The number of thiazole rings is 1. The summed E-state index contributed by atoms with van der Waals surface area (Å²) in [7, 11) is 0. The Kier molecular flexibility index (Phi) is 4.84. The van der Waals surface area contributed by atoms with Crippen LogP contribution in [-0.4, -0.2) is 10.2 Å². The first-order valence-corrected chi connectivity index (χ1v) is 9.21. The molecule has 5 nitrogen and oxygen atoms in total. The van der Waals surface area contributed by atoms with Gasteiger partial charge >= 0.3 is 0 Å². The first kappa shape index (κ1) is 17.2. The molecule has 0 bridgehead atoms. The van der Waals surface area contributed by atoms with Gasteiger partial charge in [-0.25, -0.2) is 4.98 Å².